The molecule has 2 aromatic heterocycles. The van der Waals surface area contributed by atoms with E-state index in [1.165, 1.54) is 32.1 Å². The van der Waals surface area contributed by atoms with Gasteiger partial charge in [-0.25, -0.2) is 13.8 Å². The molecule has 0 bridgehead atoms. The second kappa shape index (κ2) is 15.2. The number of halogens is 3. The third kappa shape index (κ3) is 9.18. The summed E-state index contributed by atoms with van der Waals surface area (Å²) >= 11 is 11.9. The molecule has 0 spiro atoms. The lowest BCUT2D eigenvalue weighted by atomic mass is 9.86. The highest BCUT2D eigenvalue weighted by atomic mass is 35.5. The summed E-state index contributed by atoms with van der Waals surface area (Å²) in [6, 6.07) is 15.4. The van der Waals surface area contributed by atoms with E-state index in [0.717, 1.165) is 20.5 Å². The van der Waals surface area contributed by atoms with Gasteiger partial charge < -0.3 is 14.6 Å². The van der Waals surface area contributed by atoms with Crippen molar-refractivity contribution in [2.75, 3.05) is 13.3 Å². The Morgan fingerprint density at radius 3 is 1.39 bits per heavy atom. The Kier molecular flexibility index (Phi) is 12.2. The Bertz CT molecular complexity index is 1600. The highest BCUT2D eigenvalue weighted by molar-refractivity contribution is 6.32. The summed E-state index contributed by atoms with van der Waals surface area (Å²) in [5, 5.41) is 17.2. The van der Waals surface area contributed by atoms with Crippen LogP contribution in [0, 0.1) is 0 Å². The van der Waals surface area contributed by atoms with E-state index in [1.807, 2.05) is 48.5 Å². The van der Waals surface area contributed by atoms with Crippen molar-refractivity contribution in [1.29, 1.82) is 0 Å². The first-order valence-corrected chi connectivity index (χ1v) is 15.4. The van der Waals surface area contributed by atoms with Gasteiger partial charge in [-0.1, -0.05) is 113 Å². The van der Waals surface area contributed by atoms with Crippen LogP contribution in [0.15, 0.2) is 70.5 Å². The van der Waals surface area contributed by atoms with Gasteiger partial charge in [0, 0.05) is 14.1 Å². The predicted octanol–water partition coefficient (Wildman–Crippen LogP) is 6.66. The van der Waals surface area contributed by atoms with E-state index in [9.17, 15) is 19.1 Å². The number of nitrogens with zero attached hydrogens (tertiary/aromatic N) is 4. The van der Waals surface area contributed by atoms with Gasteiger partial charge >= 0.3 is 0 Å². The highest BCUT2D eigenvalue weighted by Crippen LogP contribution is 2.30. The number of aliphatic hydroxyl groups is 1. The number of alkyl halides is 1. The summed E-state index contributed by atoms with van der Waals surface area (Å²) in [6.07, 6.45) is 1.23. The second-order valence-electron chi connectivity index (χ2n) is 12.8. The maximum Gasteiger partial charge on any atom is 0.289 e. The summed E-state index contributed by atoms with van der Waals surface area (Å²) in [4.78, 5) is 23.5. The fourth-order valence-corrected chi connectivity index (χ4v) is 4.69. The van der Waals surface area contributed by atoms with Crippen molar-refractivity contribution >= 4 is 23.2 Å². The normalized spacial score (nSPS) is 13.0. The van der Waals surface area contributed by atoms with Crippen molar-refractivity contribution in [2.45, 2.75) is 64.6 Å². The summed E-state index contributed by atoms with van der Waals surface area (Å²) in [5.41, 5.74) is 2.96. The zero-order chi connectivity index (χ0) is 34.4. The number of aromatic nitrogens is 4. The molecule has 248 valence electrons. The summed E-state index contributed by atoms with van der Waals surface area (Å²) in [7, 11) is 2.99. The third-order valence-electron chi connectivity index (χ3n) is 7.23. The fourth-order valence-electron chi connectivity index (χ4n) is 4.26. The molecule has 2 unspecified atom stereocenters. The van der Waals surface area contributed by atoms with E-state index in [4.69, 9.17) is 32.7 Å². The van der Waals surface area contributed by atoms with Crippen LogP contribution >= 0.6 is 23.2 Å². The molecule has 1 N–H and O–H groups in total. The van der Waals surface area contributed by atoms with Crippen LogP contribution in [0.1, 0.15) is 76.0 Å². The monoisotopic (exact) mass is 673 g/mol. The van der Waals surface area contributed by atoms with Crippen molar-refractivity contribution in [1.82, 2.24) is 19.6 Å². The fraction of sp³-hybridized carbons (Fsp3) is 0.412. The second-order valence-corrected chi connectivity index (χ2v) is 13.6. The van der Waals surface area contributed by atoms with Crippen LogP contribution in [0.4, 0.5) is 4.39 Å². The minimum Gasteiger partial charge on any atom is -0.480 e. The van der Waals surface area contributed by atoms with Crippen LogP contribution in [0.3, 0.4) is 0 Å². The standard InChI is InChI=1S/C17H20ClFN2O2.C17H21ClN2O3/c1-17(2,3)12-7-5-11(6-8-12)13(9-19)23-14-10-20-21(4)16(22)15(14)18;1-17(2,3)12-7-5-11(6-8-12)14(10-21)23-13-9-19-20(4)16(22)15(13)18/h5-8,10,13H,9H2,1-4H3;5-9,14,21H,10H2,1-4H3/i19-1;. The van der Waals surface area contributed by atoms with Gasteiger partial charge in [0.1, 0.15) is 12.8 Å². The van der Waals surface area contributed by atoms with Gasteiger partial charge in [0.15, 0.2) is 27.6 Å². The predicted molar refractivity (Wildman–Crippen MR) is 179 cm³/mol. The van der Waals surface area contributed by atoms with Gasteiger partial charge in [0.25, 0.3) is 11.1 Å². The topological polar surface area (TPSA) is 108 Å². The average Bonchev–Trinajstić information content (AvgIpc) is 3.02. The van der Waals surface area contributed by atoms with Gasteiger partial charge in [0.05, 0.1) is 19.0 Å². The number of aryl methyl sites for hydroxylation is 2. The Balaban J connectivity index is 0.000000250. The quantitative estimate of drug-likeness (QED) is 0.223. The average molecular weight is 675 g/mol. The zero-order valence-electron chi connectivity index (χ0n) is 27.3. The smallest absolute Gasteiger partial charge is 0.289 e. The van der Waals surface area contributed by atoms with Crippen molar-refractivity contribution in [3.8, 4) is 11.5 Å². The summed E-state index contributed by atoms with van der Waals surface area (Å²) < 4.78 is 26.9. The molecule has 2 heterocycles. The molecule has 12 heteroatoms. The van der Waals surface area contributed by atoms with Gasteiger partial charge in [-0.2, -0.15) is 10.2 Å². The van der Waals surface area contributed by atoms with E-state index >= 15 is 0 Å². The van der Waals surface area contributed by atoms with Crippen molar-refractivity contribution in [3.63, 3.8) is 0 Å². The Hall–Kier alpha value is -3.73. The zero-order valence-corrected chi connectivity index (χ0v) is 28.9. The number of benzene rings is 2. The van der Waals surface area contributed by atoms with Crippen LogP contribution in [0.5, 0.6) is 11.5 Å². The Labute approximate surface area is 278 Å². The molecule has 9 nitrogen and oxygen atoms in total. The molecule has 0 aliphatic carbocycles. The van der Waals surface area contributed by atoms with Crippen LogP contribution < -0.4 is 20.6 Å². The molecule has 0 aliphatic heterocycles. The van der Waals surface area contributed by atoms with Crippen LogP contribution in [0.25, 0.3) is 0 Å². The molecule has 46 heavy (non-hydrogen) atoms. The maximum atomic E-state index is 13.4. The molecule has 4 rings (SSSR count). The first-order chi connectivity index (χ1) is 21.5. The number of rotatable bonds is 8. The molecule has 4 aromatic rings. The number of hydrogen-bond acceptors (Lipinski definition) is 7. The first-order valence-electron chi connectivity index (χ1n) is 14.6. The molecule has 0 aliphatic rings. The Morgan fingerprint density at radius 2 is 1.07 bits per heavy atom. The number of ether oxygens (including phenoxy) is 2. The van der Waals surface area contributed by atoms with Crippen molar-refractivity contribution in [2.24, 2.45) is 14.1 Å². The molecule has 2 aromatic carbocycles. The molecule has 0 saturated heterocycles. The van der Waals surface area contributed by atoms with Crippen molar-refractivity contribution < 1.29 is 19.0 Å². The largest absolute Gasteiger partial charge is 0.480 e. The molecule has 0 radical (unpaired) electrons. The minimum absolute atomic E-state index is 0.0173. The Morgan fingerprint density at radius 1 is 0.717 bits per heavy atom. The first kappa shape index (κ1) is 36.7. The van der Waals surface area contributed by atoms with Crippen LogP contribution in [-0.2, 0) is 24.9 Å². The van der Waals surface area contributed by atoms with E-state index in [1.54, 1.807) is 0 Å². The number of hydrogen-bond donors (Lipinski definition) is 1. The summed E-state index contributed by atoms with van der Waals surface area (Å²) in [6.45, 7) is 11.7. The van der Waals surface area contributed by atoms with E-state index in [2.05, 4.69) is 51.7 Å². The van der Waals surface area contributed by atoms with Crippen molar-refractivity contribution in [3.05, 3.63) is 114 Å². The van der Waals surface area contributed by atoms with Crippen LogP contribution in [0.2, 0.25) is 10.0 Å². The third-order valence-corrected chi connectivity index (χ3v) is 7.93. The summed E-state index contributed by atoms with van der Waals surface area (Å²) in [5.74, 6) is 0.242. The molecule has 0 saturated carbocycles. The molecule has 0 amide bonds. The van der Waals surface area contributed by atoms with Gasteiger partial charge in [-0.15, -0.1) is 0 Å². The molecule has 2 atom stereocenters. The van der Waals surface area contributed by atoms with E-state index in [0.29, 0.717) is 5.56 Å². The van der Waals surface area contributed by atoms with E-state index in [-0.39, 0.29) is 39.0 Å². The molecule has 0 fully saturated rings. The maximum absolute atomic E-state index is 13.4. The molecular formula is C34H41Cl2FN4O5. The lowest BCUT2D eigenvalue weighted by Gasteiger charge is -2.21. The highest BCUT2D eigenvalue weighted by Gasteiger charge is 2.20. The molecular weight excluding hydrogens is 633 g/mol. The minimum atomic E-state index is -0.838. The van der Waals surface area contributed by atoms with E-state index < -0.39 is 30.0 Å². The van der Waals surface area contributed by atoms with Gasteiger partial charge in [0.2, 0.25) is 0 Å². The van der Waals surface area contributed by atoms with Gasteiger partial charge in [-0.3, -0.25) is 9.59 Å². The SMILES string of the molecule is Cn1ncc(OC(CO)c2ccc(C(C)(C)C)cc2)c(Cl)c1=O.Cn1ncc(OC(C[18F])c2ccc(C(C)(C)C)cc2)c(Cl)c1=O. The van der Waals surface area contributed by atoms with Gasteiger partial charge in [-0.05, 0) is 33.1 Å². The lowest BCUT2D eigenvalue weighted by Crippen LogP contribution is -2.21. The number of aliphatic hydroxyl groups excluding tert-OH is 1. The lowest BCUT2D eigenvalue weighted by molar-refractivity contribution is 0.115. The van der Waals surface area contributed by atoms with Crippen LogP contribution in [-0.4, -0.2) is 37.9 Å².